The van der Waals surface area contributed by atoms with Gasteiger partial charge in [0.25, 0.3) is 0 Å². The second-order valence-electron chi connectivity index (χ2n) is 16.8. The van der Waals surface area contributed by atoms with Gasteiger partial charge in [-0.25, -0.2) is 9.97 Å². The number of H-pyrrole nitrogens is 2. The maximum Gasteiger partial charge on any atom is 0.245 e. The first kappa shape index (κ1) is 40.6. The maximum absolute atomic E-state index is 14.5. The summed E-state index contributed by atoms with van der Waals surface area (Å²) < 4.78 is 0. The van der Waals surface area contributed by atoms with Gasteiger partial charge in [-0.05, 0) is 105 Å². The molecule has 10 nitrogen and oxygen atoms in total. The Bertz CT molecular complexity index is 2450. The lowest BCUT2D eigenvalue weighted by Crippen LogP contribution is -2.43. The van der Waals surface area contributed by atoms with Crippen molar-refractivity contribution in [3.63, 3.8) is 0 Å². The minimum atomic E-state index is -0.389. The summed E-state index contributed by atoms with van der Waals surface area (Å²) in [4.78, 5) is 52.5. The zero-order chi connectivity index (χ0) is 41.9. The molecule has 2 aliphatic heterocycles. The second-order valence-corrected chi connectivity index (χ2v) is 16.8. The SMILES string of the molecule is CCN[C@@H](C(=O)N1CCC[C@H]1c1ncc(-c2cccc(-c3ccc4c(c3)-c3nc([C@@H]5CCCN5C(=O)[C@@H](c5ccccc5)N(CC)CC)[nH]c3CCC4)c2)[nH]1)c1ccccc1. The van der Waals surface area contributed by atoms with Gasteiger partial charge in [-0.3, -0.25) is 14.5 Å². The Morgan fingerprint density at radius 2 is 1.39 bits per heavy atom. The van der Waals surface area contributed by atoms with E-state index in [2.05, 4.69) is 93.5 Å². The van der Waals surface area contributed by atoms with E-state index in [0.717, 1.165) is 121 Å². The van der Waals surface area contributed by atoms with Gasteiger partial charge < -0.3 is 25.1 Å². The highest BCUT2D eigenvalue weighted by Gasteiger charge is 2.39. The number of carbonyl (C=O) groups excluding carboxylic acids is 2. The Kier molecular flexibility index (Phi) is 12.0. The van der Waals surface area contributed by atoms with Crippen LogP contribution in [0.3, 0.4) is 0 Å². The molecule has 9 rings (SSSR count). The summed E-state index contributed by atoms with van der Waals surface area (Å²) in [6.45, 7) is 10.1. The van der Waals surface area contributed by atoms with Crippen molar-refractivity contribution in [1.29, 1.82) is 0 Å². The van der Waals surface area contributed by atoms with E-state index >= 15 is 0 Å². The first-order chi connectivity index (χ1) is 29.9. The predicted octanol–water partition coefficient (Wildman–Crippen LogP) is 9.38. The first-order valence-corrected chi connectivity index (χ1v) is 22.5. The molecule has 2 amide bonds. The molecule has 10 heteroatoms. The number of nitrogens with one attached hydrogen (secondary N) is 3. The van der Waals surface area contributed by atoms with E-state index in [1.807, 2.05) is 66.6 Å². The monoisotopic (exact) mass is 814 g/mol. The number of rotatable bonds is 13. The number of fused-ring (bicyclic) bond motifs is 3. The van der Waals surface area contributed by atoms with Crippen molar-refractivity contribution in [2.75, 3.05) is 32.7 Å². The highest BCUT2D eigenvalue weighted by Crippen LogP contribution is 2.40. The summed E-state index contributed by atoms with van der Waals surface area (Å²) in [6.07, 6.45) is 8.52. The molecule has 4 atom stereocenters. The minimum Gasteiger partial charge on any atom is -0.344 e. The van der Waals surface area contributed by atoms with Crippen LogP contribution in [0.5, 0.6) is 0 Å². The molecule has 4 aromatic carbocycles. The highest BCUT2D eigenvalue weighted by molar-refractivity contribution is 5.85. The third kappa shape index (κ3) is 8.07. The molecular weight excluding hydrogens is 757 g/mol. The zero-order valence-electron chi connectivity index (χ0n) is 35.7. The molecule has 4 heterocycles. The Labute approximate surface area is 359 Å². The van der Waals surface area contributed by atoms with Crippen LogP contribution in [0.15, 0.2) is 109 Å². The number of nitrogens with zero attached hydrogens (tertiary/aromatic N) is 5. The fraction of sp³-hybridized carbons (Fsp3) is 0.373. The van der Waals surface area contributed by atoms with E-state index in [1.165, 1.54) is 11.1 Å². The number of hydrogen-bond donors (Lipinski definition) is 3. The third-order valence-electron chi connectivity index (χ3n) is 13.2. The van der Waals surface area contributed by atoms with Crippen molar-refractivity contribution in [3.05, 3.63) is 143 Å². The lowest BCUT2D eigenvalue weighted by atomic mass is 9.95. The molecule has 3 aliphatic rings. The number of benzene rings is 4. The van der Waals surface area contributed by atoms with E-state index in [-0.39, 0.29) is 36.0 Å². The molecule has 0 spiro atoms. The number of aromatic nitrogens is 4. The summed E-state index contributed by atoms with van der Waals surface area (Å²) in [5.41, 5.74) is 10.9. The smallest absolute Gasteiger partial charge is 0.245 e. The van der Waals surface area contributed by atoms with Crippen LogP contribution in [0.1, 0.15) is 111 Å². The van der Waals surface area contributed by atoms with Crippen LogP contribution in [0.2, 0.25) is 0 Å². The predicted molar refractivity (Wildman–Crippen MR) is 241 cm³/mol. The summed E-state index contributed by atoms with van der Waals surface area (Å²) in [6, 6.07) is 34.8. The molecule has 0 unspecified atom stereocenters. The van der Waals surface area contributed by atoms with Gasteiger partial charge in [-0.1, -0.05) is 112 Å². The van der Waals surface area contributed by atoms with E-state index in [4.69, 9.17) is 9.97 Å². The van der Waals surface area contributed by atoms with Gasteiger partial charge in [0, 0.05) is 29.9 Å². The average molecular weight is 815 g/mol. The molecule has 2 aromatic heterocycles. The molecule has 0 saturated carbocycles. The van der Waals surface area contributed by atoms with Crippen LogP contribution < -0.4 is 5.32 Å². The van der Waals surface area contributed by atoms with E-state index in [0.29, 0.717) is 13.1 Å². The molecule has 0 radical (unpaired) electrons. The minimum absolute atomic E-state index is 0.0865. The van der Waals surface area contributed by atoms with E-state index in [1.54, 1.807) is 0 Å². The number of amides is 2. The van der Waals surface area contributed by atoms with Gasteiger partial charge in [0.05, 0.1) is 29.7 Å². The van der Waals surface area contributed by atoms with Crippen molar-refractivity contribution in [2.24, 2.45) is 0 Å². The number of likely N-dealkylation sites (tertiary alicyclic amines) is 2. The van der Waals surface area contributed by atoms with Crippen LogP contribution in [-0.2, 0) is 22.4 Å². The van der Waals surface area contributed by atoms with Crippen molar-refractivity contribution >= 4 is 11.8 Å². The Morgan fingerprint density at radius 1 is 0.721 bits per heavy atom. The van der Waals surface area contributed by atoms with Gasteiger partial charge >= 0.3 is 0 Å². The van der Waals surface area contributed by atoms with Crippen molar-refractivity contribution in [1.82, 2.24) is 40.0 Å². The largest absolute Gasteiger partial charge is 0.344 e. The number of aryl methyl sites for hydroxylation is 2. The van der Waals surface area contributed by atoms with Crippen LogP contribution in [0.4, 0.5) is 0 Å². The third-order valence-corrected chi connectivity index (χ3v) is 13.2. The second kappa shape index (κ2) is 18.0. The van der Waals surface area contributed by atoms with Crippen molar-refractivity contribution in [2.45, 2.75) is 89.9 Å². The average Bonchev–Trinajstić information content (AvgIpc) is 4.14. The molecule has 6 aromatic rings. The first-order valence-electron chi connectivity index (χ1n) is 22.5. The normalized spacial score (nSPS) is 18.5. The molecule has 3 N–H and O–H groups in total. The van der Waals surface area contributed by atoms with Gasteiger partial charge in [0.15, 0.2) is 0 Å². The number of hydrogen-bond acceptors (Lipinski definition) is 6. The summed E-state index contributed by atoms with van der Waals surface area (Å²) in [7, 11) is 0. The van der Waals surface area contributed by atoms with Gasteiger partial charge in [0.2, 0.25) is 11.8 Å². The number of carbonyl (C=O) groups is 2. The topological polar surface area (TPSA) is 113 Å². The zero-order valence-corrected chi connectivity index (χ0v) is 35.7. The maximum atomic E-state index is 14.5. The number of aromatic amines is 2. The lowest BCUT2D eigenvalue weighted by molar-refractivity contribution is -0.138. The molecule has 314 valence electrons. The van der Waals surface area contributed by atoms with E-state index < -0.39 is 0 Å². The Morgan fingerprint density at radius 3 is 2.11 bits per heavy atom. The quantitative estimate of drug-likeness (QED) is 0.107. The van der Waals surface area contributed by atoms with Crippen LogP contribution in [0, 0.1) is 0 Å². The fourth-order valence-electron chi connectivity index (χ4n) is 10.0. The van der Waals surface area contributed by atoms with Gasteiger partial charge in [-0.15, -0.1) is 0 Å². The Balaban J connectivity index is 0.967. The van der Waals surface area contributed by atoms with Crippen LogP contribution >= 0.6 is 0 Å². The van der Waals surface area contributed by atoms with Crippen LogP contribution in [-0.4, -0.2) is 79.2 Å². The molecular formula is C51H58N8O2. The molecule has 61 heavy (non-hydrogen) atoms. The molecule has 1 aliphatic carbocycles. The standard InChI is InChI=1S/C51H58N8O2/c1-4-52-45(35-17-9-7-10-18-35)50(60)58-29-15-25-43(58)48-53-33-42(55-48)39-23-13-22-37(31-39)38-28-27-34-21-14-24-41-46(40(34)32-38)56-49(54-41)44-26-16-30-59(44)51(61)47(57(5-2)6-3)36-19-11-8-12-20-36/h7-13,17-20,22-23,27-28,31-33,43-45,47,52H,4-6,14-16,21,24-26,29-30H2,1-3H3,(H,53,55)(H,54,56)/t43-,44-,45+,47+/m0/s1. The summed E-state index contributed by atoms with van der Waals surface area (Å²) in [5, 5.41) is 3.42. The summed E-state index contributed by atoms with van der Waals surface area (Å²) >= 11 is 0. The van der Waals surface area contributed by atoms with Crippen LogP contribution in [0.25, 0.3) is 33.6 Å². The number of imidazole rings is 2. The van der Waals surface area contributed by atoms with Crippen molar-refractivity contribution in [3.8, 4) is 33.6 Å². The fourth-order valence-corrected chi connectivity index (χ4v) is 10.0. The van der Waals surface area contributed by atoms with Gasteiger partial charge in [-0.2, -0.15) is 0 Å². The highest BCUT2D eigenvalue weighted by atomic mass is 16.2. The summed E-state index contributed by atoms with van der Waals surface area (Å²) in [5.74, 6) is 1.97. The lowest BCUT2D eigenvalue weighted by Gasteiger charge is -2.34. The van der Waals surface area contributed by atoms with E-state index in [9.17, 15) is 9.59 Å². The Hall–Kier alpha value is -5.84. The molecule has 0 bridgehead atoms. The van der Waals surface area contributed by atoms with Gasteiger partial charge in [0.1, 0.15) is 23.7 Å². The van der Waals surface area contributed by atoms with Crippen molar-refractivity contribution < 1.29 is 9.59 Å². The molecule has 2 saturated heterocycles. The number of likely N-dealkylation sites (N-methyl/N-ethyl adjacent to an activating group) is 2. The molecule has 2 fully saturated rings.